The third-order valence-corrected chi connectivity index (χ3v) is 6.97. The topological polar surface area (TPSA) is 111 Å². The Kier molecular flexibility index (Phi) is 6.08. The Balaban J connectivity index is 1.33. The van der Waals surface area contributed by atoms with E-state index in [0.717, 1.165) is 54.9 Å². The van der Waals surface area contributed by atoms with Gasteiger partial charge in [0.05, 0.1) is 5.69 Å². The molecule has 180 valence electrons. The number of primary amides is 1. The number of benzene rings is 1. The van der Waals surface area contributed by atoms with E-state index in [2.05, 4.69) is 30.8 Å². The molecule has 35 heavy (non-hydrogen) atoms. The molecular weight excluding hydrogens is 442 g/mol. The van der Waals surface area contributed by atoms with Crippen LogP contribution in [0.25, 0.3) is 16.7 Å². The first-order valence-corrected chi connectivity index (χ1v) is 11.8. The highest BCUT2D eigenvalue weighted by Gasteiger charge is 2.22. The molecule has 0 unspecified atom stereocenters. The third kappa shape index (κ3) is 4.42. The standard InChI is InChI=1S/C26H29N7O2/c1-28-23-14-24(34)33(16-30-23)22-7-10-29-26-21(22)13-20(31(26)2)15-32-11-8-18(9-12-32)17-3-5-19(6-4-17)25(27)35/h3-7,10,13-14,16,18,28H,8-9,11-12,15H2,1-2H3,(H2,27,35). The molecule has 3 aromatic heterocycles. The van der Waals surface area contributed by atoms with Gasteiger partial charge < -0.3 is 15.6 Å². The molecule has 3 N–H and O–H groups in total. The summed E-state index contributed by atoms with van der Waals surface area (Å²) in [6, 6.07) is 13.2. The zero-order chi connectivity index (χ0) is 24.5. The Morgan fingerprint density at radius 1 is 1.11 bits per heavy atom. The summed E-state index contributed by atoms with van der Waals surface area (Å²) in [4.78, 5) is 35.3. The molecule has 4 aromatic rings. The predicted molar refractivity (Wildman–Crippen MR) is 136 cm³/mol. The summed E-state index contributed by atoms with van der Waals surface area (Å²) < 4.78 is 3.66. The fraction of sp³-hybridized carbons (Fsp3) is 0.308. The first-order valence-electron chi connectivity index (χ1n) is 11.8. The van der Waals surface area contributed by atoms with Gasteiger partial charge in [0.15, 0.2) is 0 Å². The summed E-state index contributed by atoms with van der Waals surface area (Å²) in [5.74, 6) is 0.626. The van der Waals surface area contributed by atoms with Crippen molar-refractivity contribution in [2.75, 3.05) is 25.5 Å². The number of fused-ring (bicyclic) bond motifs is 1. The highest BCUT2D eigenvalue weighted by molar-refractivity contribution is 5.92. The number of nitrogens with zero attached hydrogens (tertiary/aromatic N) is 5. The molecule has 0 saturated carbocycles. The summed E-state index contributed by atoms with van der Waals surface area (Å²) in [6.45, 7) is 2.78. The predicted octanol–water partition coefficient (Wildman–Crippen LogP) is 2.64. The lowest BCUT2D eigenvalue weighted by atomic mass is 9.89. The number of rotatable bonds is 6. The minimum Gasteiger partial charge on any atom is -0.373 e. The van der Waals surface area contributed by atoms with Crippen LogP contribution in [0, 0.1) is 0 Å². The van der Waals surface area contributed by atoms with Gasteiger partial charge in [0.2, 0.25) is 5.91 Å². The number of nitrogens with one attached hydrogen (secondary N) is 1. The first-order chi connectivity index (χ1) is 16.9. The fourth-order valence-electron chi connectivity index (χ4n) is 4.91. The summed E-state index contributed by atoms with van der Waals surface area (Å²) in [6.07, 6.45) is 5.40. The molecule has 0 aliphatic carbocycles. The second kappa shape index (κ2) is 9.34. The van der Waals surface area contributed by atoms with Gasteiger partial charge in [-0.05, 0) is 61.7 Å². The van der Waals surface area contributed by atoms with Crippen LogP contribution < -0.4 is 16.6 Å². The van der Waals surface area contributed by atoms with Crippen molar-refractivity contribution in [2.24, 2.45) is 12.8 Å². The van der Waals surface area contributed by atoms with Crippen molar-refractivity contribution >= 4 is 22.8 Å². The van der Waals surface area contributed by atoms with Gasteiger partial charge in [-0.1, -0.05) is 12.1 Å². The Labute approximate surface area is 203 Å². The second-order valence-corrected chi connectivity index (χ2v) is 9.03. The number of hydrogen-bond donors (Lipinski definition) is 2. The van der Waals surface area contributed by atoms with Crippen molar-refractivity contribution in [1.29, 1.82) is 0 Å². The van der Waals surface area contributed by atoms with E-state index in [0.29, 0.717) is 17.3 Å². The second-order valence-electron chi connectivity index (χ2n) is 9.03. The number of pyridine rings is 1. The van der Waals surface area contributed by atoms with Crippen LogP contribution in [0.15, 0.2) is 59.8 Å². The number of amides is 1. The zero-order valence-corrected chi connectivity index (χ0v) is 19.9. The number of anilines is 1. The van der Waals surface area contributed by atoms with Crippen molar-refractivity contribution < 1.29 is 4.79 Å². The van der Waals surface area contributed by atoms with Crippen LogP contribution in [0.1, 0.15) is 40.4 Å². The van der Waals surface area contributed by atoms with Crippen molar-refractivity contribution in [1.82, 2.24) is 24.0 Å². The largest absolute Gasteiger partial charge is 0.373 e. The van der Waals surface area contributed by atoms with E-state index in [-0.39, 0.29) is 5.56 Å². The SMILES string of the molecule is CNc1cc(=O)n(-c2ccnc3c2cc(CN2CCC(c4ccc(C(N)=O)cc4)CC2)n3C)cn1. The molecule has 1 aromatic carbocycles. The van der Waals surface area contributed by atoms with Gasteiger partial charge >= 0.3 is 0 Å². The summed E-state index contributed by atoms with van der Waals surface area (Å²) in [7, 11) is 3.76. The molecule has 4 heterocycles. The maximum absolute atomic E-state index is 12.7. The number of piperidine rings is 1. The average Bonchev–Trinajstić information content (AvgIpc) is 3.20. The molecule has 1 fully saturated rings. The number of hydrogen-bond acceptors (Lipinski definition) is 6. The Bertz CT molecular complexity index is 1430. The number of carbonyl (C=O) groups is 1. The molecule has 1 amide bonds. The van der Waals surface area contributed by atoms with Gasteiger partial charge in [-0.25, -0.2) is 9.97 Å². The molecule has 5 rings (SSSR count). The van der Waals surface area contributed by atoms with Gasteiger partial charge in [0, 0.05) is 49.5 Å². The Hall–Kier alpha value is -3.98. The van der Waals surface area contributed by atoms with E-state index in [4.69, 9.17) is 5.73 Å². The van der Waals surface area contributed by atoms with Crippen molar-refractivity contribution in [3.63, 3.8) is 0 Å². The minimum absolute atomic E-state index is 0.145. The molecule has 0 bridgehead atoms. The number of aryl methyl sites for hydroxylation is 1. The van der Waals surface area contributed by atoms with E-state index in [1.165, 1.54) is 11.6 Å². The average molecular weight is 472 g/mol. The molecule has 1 aliphatic heterocycles. The molecule has 0 spiro atoms. The smallest absolute Gasteiger partial charge is 0.260 e. The molecule has 0 atom stereocenters. The molecule has 0 radical (unpaired) electrons. The Morgan fingerprint density at radius 2 is 1.86 bits per heavy atom. The van der Waals surface area contributed by atoms with Gasteiger partial charge in [0.25, 0.3) is 5.56 Å². The summed E-state index contributed by atoms with van der Waals surface area (Å²) in [5, 5.41) is 3.82. The minimum atomic E-state index is -0.393. The van der Waals surface area contributed by atoms with Crippen molar-refractivity contribution in [3.05, 3.63) is 82.2 Å². The van der Waals surface area contributed by atoms with E-state index in [1.54, 1.807) is 24.1 Å². The lowest BCUT2D eigenvalue weighted by Crippen LogP contribution is -2.33. The summed E-state index contributed by atoms with van der Waals surface area (Å²) in [5.41, 5.74) is 9.79. The van der Waals surface area contributed by atoms with Gasteiger partial charge in [-0.3, -0.25) is 19.1 Å². The van der Waals surface area contributed by atoms with E-state index in [9.17, 15) is 9.59 Å². The first kappa shape index (κ1) is 22.8. The molecule has 1 aliphatic rings. The van der Waals surface area contributed by atoms with E-state index in [1.807, 2.05) is 37.4 Å². The van der Waals surface area contributed by atoms with E-state index < -0.39 is 5.91 Å². The molecule has 1 saturated heterocycles. The molecule has 9 nitrogen and oxygen atoms in total. The van der Waals surface area contributed by atoms with Crippen LogP contribution in [0.2, 0.25) is 0 Å². The van der Waals surface area contributed by atoms with Crippen LogP contribution in [-0.4, -0.2) is 50.0 Å². The number of aromatic nitrogens is 4. The maximum atomic E-state index is 12.7. The monoisotopic (exact) mass is 471 g/mol. The van der Waals surface area contributed by atoms with Crippen LogP contribution >= 0.6 is 0 Å². The highest BCUT2D eigenvalue weighted by Crippen LogP contribution is 2.30. The third-order valence-electron chi connectivity index (χ3n) is 6.97. The number of nitrogens with two attached hydrogens (primary N) is 1. The van der Waals surface area contributed by atoms with Crippen molar-refractivity contribution in [2.45, 2.75) is 25.3 Å². The zero-order valence-electron chi connectivity index (χ0n) is 19.9. The molecular formula is C26H29N7O2. The highest BCUT2D eigenvalue weighted by atomic mass is 16.1. The Morgan fingerprint density at radius 3 is 2.51 bits per heavy atom. The van der Waals surface area contributed by atoms with Crippen LogP contribution in [0.4, 0.5) is 5.82 Å². The number of likely N-dealkylation sites (tertiary alicyclic amines) is 1. The van der Waals surface area contributed by atoms with Crippen molar-refractivity contribution in [3.8, 4) is 5.69 Å². The lowest BCUT2D eigenvalue weighted by Gasteiger charge is -2.32. The van der Waals surface area contributed by atoms with Gasteiger partial charge in [-0.2, -0.15) is 0 Å². The van der Waals surface area contributed by atoms with Gasteiger partial charge in [0.1, 0.15) is 17.8 Å². The maximum Gasteiger partial charge on any atom is 0.260 e. The van der Waals surface area contributed by atoms with Gasteiger partial charge in [-0.15, -0.1) is 0 Å². The van der Waals surface area contributed by atoms with Crippen LogP contribution in [0.3, 0.4) is 0 Å². The van der Waals surface area contributed by atoms with Crippen LogP contribution in [0.5, 0.6) is 0 Å². The number of carbonyl (C=O) groups excluding carboxylic acids is 1. The fourth-order valence-corrected chi connectivity index (χ4v) is 4.91. The quantitative estimate of drug-likeness (QED) is 0.447. The normalized spacial score (nSPS) is 14.9. The van der Waals surface area contributed by atoms with Crippen LogP contribution in [-0.2, 0) is 13.6 Å². The lowest BCUT2D eigenvalue weighted by molar-refractivity contribution is 0.1000. The summed E-state index contributed by atoms with van der Waals surface area (Å²) >= 11 is 0. The van der Waals surface area contributed by atoms with E-state index >= 15 is 0 Å². The molecule has 9 heteroatoms.